The summed E-state index contributed by atoms with van der Waals surface area (Å²) in [5.74, 6) is 0. The summed E-state index contributed by atoms with van der Waals surface area (Å²) in [6.07, 6.45) is 8.40. The number of benzene rings is 3. The van der Waals surface area contributed by atoms with Crippen LogP contribution < -0.4 is 4.90 Å². The maximum Gasteiger partial charge on any atom is 0.0449 e. The number of rotatable bonds is 5. The van der Waals surface area contributed by atoms with Crippen molar-refractivity contribution in [1.82, 2.24) is 0 Å². The molecule has 0 heterocycles. The molecule has 1 heteroatoms. The zero-order valence-corrected chi connectivity index (χ0v) is 12.9. The maximum absolute atomic E-state index is 2.12. The van der Waals surface area contributed by atoms with Crippen LogP contribution in [0.15, 0.2) is 103 Å². The van der Waals surface area contributed by atoms with E-state index in [0.29, 0.717) is 0 Å². The Hall–Kier alpha value is -3.06. The number of hydrogen-bond donors (Lipinski definition) is 0. The number of nitrogens with zero attached hydrogens (tertiary/aromatic N) is 1. The van der Waals surface area contributed by atoms with Crippen molar-refractivity contribution in [1.29, 1.82) is 0 Å². The molecule has 1 nitrogen and oxygen atoms in total. The zero-order valence-electron chi connectivity index (χ0n) is 12.9. The summed E-state index contributed by atoms with van der Waals surface area (Å²) in [6, 6.07) is 31.0. The summed E-state index contributed by atoms with van der Waals surface area (Å²) in [5.41, 5.74) is 3.50. The molecule has 0 aliphatic rings. The Kier molecular flexibility index (Phi) is 5.04. The van der Waals surface area contributed by atoms with E-state index in [-0.39, 0.29) is 0 Å². The van der Waals surface area contributed by atoms with Crippen molar-refractivity contribution < 1.29 is 0 Å². The summed E-state index contributed by atoms with van der Waals surface area (Å²) in [4.78, 5) is 2.12. The third-order valence-corrected chi connectivity index (χ3v) is 3.51. The Morgan fingerprint density at radius 3 is 1.30 bits per heavy atom. The van der Waals surface area contributed by atoms with Crippen molar-refractivity contribution >= 4 is 17.8 Å². The van der Waals surface area contributed by atoms with Crippen LogP contribution in [0.3, 0.4) is 0 Å². The van der Waals surface area contributed by atoms with Gasteiger partial charge in [0.25, 0.3) is 0 Å². The second-order valence-corrected chi connectivity index (χ2v) is 5.20. The Bertz CT molecular complexity index is 709. The van der Waals surface area contributed by atoms with Crippen LogP contribution in [0.1, 0.15) is 11.1 Å². The van der Waals surface area contributed by atoms with Gasteiger partial charge in [0.05, 0.1) is 0 Å². The van der Waals surface area contributed by atoms with Gasteiger partial charge in [0.1, 0.15) is 0 Å². The summed E-state index contributed by atoms with van der Waals surface area (Å²) >= 11 is 0. The van der Waals surface area contributed by atoms with Crippen LogP contribution in [0, 0.1) is 0 Å². The summed E-state index contributed by atoms with van der Waals surface area (Å²) in [6.45, 7) is 0. The molecule has 0 bridgehead atoms. The molecule has 0 fully saturated rings. The Balaban J connectivity index is 1.85. The lowest BCUT2D eigenvalue weighted by atomic mass is 10.2. The minimum Gasteiger partial charge on any atom is -0.324 e. The molecule has 0 amide bonds. The topological polar surface area (TPSA) is 3.24 Å². The summed E-state index contributed by atoms with van der Waals surface area (Å²) in [5, 5.41) is 0. The molecule has 0 saturated carbocycles. The van der Waals surface area contributed by atoms with Gasteiger partial charge in [0.15, 0.2) is 0 Å². The van der Waals surface area contributed by atoms with Gasteiger partial charge < -0.3 is 4.90 Å². The highest BCUT2D eigenvalue weighted by molar-refractivity contribution is 5.63. The van der Waals surface area contributed by atoms with Gasteiger partial charge in [-0.1, -0.05) is 78.9 Å². The van der Waals surface area contributed by atoms with Gasteiger partial charge in [-0.25, -0.2) is 0 Å². The van der Waals surface area contributed by atoms with Crippen LogP contribution in [-0.2, 0) is 0 Å². The molecule has 0 aromatic heterocycles. The van der Waals surface area contributed by atoms with Crippen molar-refractivity contribution in [2.75, 3.05) is 4.90 Å². The third kappa shape index (κ3) is 4.45. The first-order valence-corrected chi connectivity index (χ1v) is 7.72. The first kappa shape index (κ1) is 14.9. The molecule has 3 aromatic carbocycles. The maximum atomic E-state index is 2.12. The highest BCUT2D eigenvalue weighted by Crippen LogP contribution is 2.16. The second-order valence-electron chi connectivity index (χ2n) is 5.20. The number of anilines is 1. The monoisotopic (exact) mass is 297 g/mol. The molecule has 0 spiro atoms. The minimum absolute atomic E-state index is 1.13. The Labute approximate surface area is 137 Å². The molecule has 3 rings (SSSR count). The predicted octanol–water partition coefficient (Wildman–Crippen LogP) is 5.83. The zero-order chi connectivity index (χ0) is 15.7. The van der Waals surface area contributed by atoms with Crippen molar-refractivity contribution in [3.63, 3.8) is 0 Å². The van der Waals surface area contributed by atoms with Gasteiger partial charge in [-0.15, -0.1) is 0 Å². The van der Waals surface area contributed by atoms with Crippen molar-refractivity contribution in [2.45, 2.75) is 0 Å². The molecule has 23 heavy (non-hydrogen) atoms. The molecule has 0 radical (unpaired) electrons. The molecule has 0 unspecified atom stereocenters. The lowest BCUT2D eigenvalue weighted by Gasteiger charge is -2.15. The second kappa shape index (κ2) is 7.81. The highest BCUT2D eigenvalue weighted by Gasteiger charge is 1.98. The average Bonchev–Trinajstić information content (AvgIpc) is 2.64. The predicted molar refractivity (Wildman–Crippen MR) is 99.9 cm³/mol. The molecule has 0 N–H and O–H groups in total. The molecule has 0 atom stereocenters. The molecule has 0 saturated heterocycles. The summed E-state index contributed by atoms with van der Waals surface area (Å²) < 4.78 is 0. The minimum atomic E-state index is 1.13. The van der Waals surface area contributed by atoms with E-state index in [2.05, 4.69) is 78.0 Å². The Morgan fingerprint density at radius 2 is 0.870 bits per heavy atom. The number of hydrogen-bond acceptors (Lipinski definition) is 1. The van der Waals surface area contributed by atoms with Gasteiger partial charge >= 0.3 is 0 Å². The van der Waals surface area contributed by atoms with Crippen LogP contribution in [0.2, 0.25) is 0 Å². The van der Waals surface area contributed by atoms with Crippen LogP contribution >= 0.6 is 0 Å². The van der Waals surface area contributed by atoms with E-state index >= 15 is 0 Å². The molecular weight excluding hydrogens is 278 g/mol. The van der Waals surface area contributed by atoms with E-state index in [1.54, 1.807) is 0 Å². The van der Waals surface area contributed by atoms with Crippen LogP contribution in [-0.4, -0.2) is 0 Å². The van der Waals surface area contributed by atoms with Crippen molar-refractivity contribution in [3.8, 4) is 0 Å². The van der Waals surface area contributed by atoms with Gasteiger partial charge in [-0.05, 0) is 35.4 Å². The quantitative estimate of drug-likeness (QED) is 0.572. The fourth-order valence-electron chi connectivity index (χ4n) is 2.28. The third-order valence-electron chi connectivity index (χ3n) is 3.51. The van der Waals surface area contributed by atoms with Gasteiger partial charge in [0.2, 0.25) is 0 Å². The lowest BCUT2D eigenvalue weighted by Crippen LogP contribution is -2.06. The average molecular weight is 297 g/mol. The SMILES string of the molecule is C(=CN(C=Cc1ccccc1)c1ccccc1)c1ccccc1. The molecule has 3 aromatic rings. The van der Waals surface area contributed by atoms with E-state index in [0.717, 1.165) is 5.69 Å². The van der Waals surface area contributed by atoms with E-state index in [9.17, 15) is 0 Å². The van der Waals surface area contributed by atoms with Crippen molar-refractivity contribution in [3.05, 3.63) is 115 Å². The van der Waals surface area contributed by atoms with Crippen LogP contribution in [0.25, 0.3) is 12.2 Å². The fraction of sp³-hybridized carbons (Fsp3) is 0. The van der Waals surface area contributed by atoms with E-state index < -0.39 is 0 Å². The largest absolute Gasteiger partial charge is 0.324 e. The molecular formula is C22H19N. The Morgan fingerprint density at radius 1 is 0.478 bits per heavy atom. The van der Waals surface area contributed by atoms with E-state index in [4.69, 9.17) is 0 Å². The first-order valence-electron chi connectivity index (χ1n) is 7.72. The normalized spacial score (nSPS) is 11.1. The number of para-hydroxylation sites is 1. The van der Waals surface area contributed by atoms with Crippen molar-refractivity contribution in [2.24, 2.45) is 0 Å². The van der Waals surface area contributed by atoms with Gasteiger partial charge in [0, 0.05) is 18.1 Å². The lowest BCUT2D eigenvalue weighted by molar-refractivity contribution is 1.30. The molecule has 0 aliphatic heterocycles. The smallest absolute Gasteiger partial charge is 0.0449 e. The fourth-order valence-corrected chi connectivity index (χ4v) is 2.28. The van der Waals surface area contributed by atoms with Crippen LogP contribution in [0.4, 0.5) is 5.69 Å². The van der Waals surface area contributed by atoms with E-state index in [1.807, 2.05) is 42.5 Å². The molecule has 0 aliphatic carbocycles. The highest BCUT2D eigenvalue weighted by atomic mass is 15.1. The summed E-state index contributed by atoms with van der Waals surface area (Å²) in [7, 11) is 0. The van der Waals surface area contributed by atoms with Crippen LogP contribution in [0.5, 0.6) is 0 Å². The standard InChI is InChI=1S/C22H19N/c1-4-10-20(11-5-1)16-18-23(22-14-8-3-9-15-22)19-17-21-12-6-2-7-13-21/h1-19H. The molecule has 112 valence electrons. The van der Waals surface area contributed by atoms with Gasteiger partial charge in [-0.3, -0.25) is 0 Å². The first-order chi connectivity index (χ1) is 11.4. The van der Waals surface area contributed by atoms with Gasteiger partial charge in [-0.2, -0.15) is 0 Å². The van der Waals surface area contributed by atoms with E-state index in [1.165, 1.54) is 11.1 Å².